The first kappa shape index (κ1) is 17.5. The molecule has 0 radical (unpaired) electrons. The largest absolute Gasteiger partial charge is 0.493 e. The number of benzene rings is 1. The molecule has 0 bridgehead atoms. The number of hydrogen-bond acceptors (Lipinski definition) is 5. The van der Waals surface area contributed by atoms with E-state index in [1.807, 2.05) is 32.0 Å². The van der Waals surface area contributed by atoms with Gasteiger partial charge in [0.2, 0.25) is 0 Å². The Bertz CT molecular complexity index is 937. The Morgan fingerprint density at radius 2 is 1.80 bits per heavy atom. The van der Waals surface area contributed by atoms with Gasteiger partial charge >= 0.3 is 0 Å². The maximum atomic E-state index is 6.34. The van der Waals surface area contributed by atoms with Crippen LogP contribution in [0, 0.1) is 13.8 Å². The average Bonchev–Trinajstić information content (AvgIpc) is 2.97. The highest BCUT2D eigenvalue weighted by Gasteiger charge is 2.20. The molecule has 0 N–H and O–H groups in total. The standard InChI is InChI=1S/C18H20ClN3O3/c1-10-17(19)11(2)22-18(20-10)16(13(21-22)9-23-3)12-6-7-14(24-4)15(8-12)25-5/h6-8H,9H2,1-5H3. The third kappa shape index (κ3) is 2.92. The number of fused-ring (bicyclic) bond motifs is 1. The van der Waals surface area contributed by atoms with Crippen molar-refractivity contribution < 1.29 is 14.2 Å². The highest BCUT2D eigenvalue weighted by molar-refractivity contribution is 6.31. The summed E-state index contributed by atoms with van der Waals surface area (Å²) < 4.78 is 17.8. The maximum Gasteiger partial charge on any atom is 0.163 e. The number of hydrogen-bond donors (Lipinski definition) is 0. The highest BCUT2D eigenvalue weighted by atomic mass is 35.5. The van der Waals surface area contributed by atoms with Crippen molar-refractivity contribution in [2.45, 2.75) is 20.5 Å². The third-order valence-electron chi connectivity index (χ3n) is 4.11. The van der Waals surface area contributed by atoms with Crippen molar-refractivity contribution in [2.75, 3.05) is 21.3 Å². The summed E-state index contributed by atoms with van der Waals surface area (Å²) in [6.07, 6.45) is 0. The highest BCUT2D eigenvalue weighted by Crippen LogP contribution is 2.36. The Hall–Kier alpha value is -2.31. The van der Waals surface area contributed by atoms with Gasteiger partial charge in [0.25, 0.3) is 0 Å². The lowest BCUT2D eigenvalue weighted by Gasteiger charge is -2.10. The van der Waals surface area contributed by atoms with Crippen molar-refractivity contribution in [1.29, 1.82) is 0 Å². The minimum Gasteiger partial charge on any atom is -0.493 e. The van der Waals surface area contributed by atoms with Gasteiger partial charge in [0.1, 0.15) is 0 Å². The van der Waals surface area contributed by atoms with Gasteiger partial charge in [0.05, 0.1) is 48.5 Å². The molecule has 3 aromatic rings. The lowest BCUT2D eigenvalue weighted by Crippen LogP contribution is -2.00. The number of ether oxygens (including phenoxy) is 3. The van der Waals surface area contributed by atoms with Gasteiger partial charge in [-0.2, -0.15) is 5.10 Å². The van der Waals surface area contributed by atoms with E-state index in [9.17, 15) is 0 Å². The minimum atomic E-state index is 0.364. The fourth-order valence-corrected chi connectivity index (χ4v) is 3.00. The van der Waals surface area contributed by atoms with E-state index >= 15 is 0 Å². The second-order valence-electron chi connectivity index (χ2n) is 5.66. The number of aryl methyl sites for hydroxylation is 2. The summed E-state index contributed by atoms with van der Waals surface area (Å²) in [5.74, 6) is 1.31. The zero-order valence-corrected chi connectivity index (χ0v) is 15.6. The van der Waals surface area contributed by atoms with Crippen LogP contribution < -0.4 is 9.47 Å². The second-order valence-corrected chi connectivity index (χ2v) is 6.03. The van der Waals surface area contributed by atoms with Crippen molar-refractivity contribution in [2.24, 2.45) is 0 Å². The van der Waals surface area contributed by atoms with E-state index in [0.717, 1.165) is 33.9 Å². The van der Waals surface area contributed by atoms with Crippen molar-refractivity contribution in [3.63, 3.8) is 0 Å². The quantitative estimate of drug-likeness (QED) is 0.691. The van der Waals surface area contributed by atoms with Crippen LogP contribution in [-0.2, 0) is 11.3 Å². The van der Waals surface area contributed by atoms with Crippen LogP contribution in [0.2, 0.25) is 5.02 Å². The molecular formula is C18H20ClN3O3. The first-order chi connectivity index (χ1) is 12.0. The van der Waals surface area contributed by atoms with Crippen molar-refractivity contribution in [1.82, 2.24) is 14.6 Å². The monoisotopic (exact) mass is 361 g/mol. The maximum absolute atomic E-state index is 6.34. The van der Waals surface area contributed by atoms with Crippen molar-refractivity contribution >= 4 is 17.2 Å². The van der Waals surface area contributed by atoms with Crippen molar-refractivity contribution in [3.05, 3.63) is 40.3 Å². The van der Waals surface area contributed by atoms with E-state index in [2.05, 4.69) is 10.1 Å². The Labute approximate surface area is 151 Å². The van der Waals surface area contributed by atoms with E-state index in [4.69, 9.17) is 25.8 Å². The Kier molecular flexibility index (Phi) is 4.83. The van der Waals surface area contributed by atoms with E-state index < -0.39 is 0 Å². The molecule has 3 rings (SSSR count). The van der Waals surface area contributed by atoms with Gasteiger partial charge in [-0.05, 0) is 31.5 Å². The molecule has 0 atom stereocenters. The Morgan fingerprint density at radius 1 is 1.08 bits per heavy atom. The van der Waals surface area contributed by atoms with Gasteiger partial charge < -0.3 is 14.2 Å². The molecule has 6 nitrogen and oxygen atoms in total. The molecule has 25 heavy (non-hydrogen) atoms. The molecule has 1 aromatic carbocycles. The van der Waals surface area contributed by atoms with Gasteiger partial charge in [-0.15, -0.1) is 0 Å². The predicted octanol–water partition coefficient (Wildman–Crippen LogP) is 3.83. The molecule has 0 amide bonds. The summed E-state index contributed by atoms with van der Waals surface area (Å²) in [4.78, 5) is 4.65. The lowest BCUT2D eigenvalue weighted by atomic mass is 10.0. The second kappa shape index (κ2) is 6.90. The average molecular weight is 362 g/mol. The molecule has 7 heteroatoms. The SMILES string of the molecule is COCc1nn2c(C)c(Cl)c(C)nc2c1-c1ccc(OC)c(OC)c1. The summed E-state index contributed by atoms with van der Waals surface area (Å²) in [6.45, 7) is 4.17. The summed E-state index contributed by atoms with van der Waals surface area (Å²) in [7, 11) is 4.86. The zero-order valence-electron chi connectivity index (χ0n) is 14.9. The molecule has 0 aliphatic rings. The van der Waals surface area contributed by atoms with Gasteiger partial charge in [-0.1, -0.05) is 17.7 Å². The summed E-state index contributed by atoms with van der Waals surface area (Å²) in [5.41, 5.74) is 4.94. The molecule has 2 aromatic heterocycles. The summed E-state index contributed by atoms with van der Waals surface area (Å²) in [5, 5.41) is 5.26. The molecule has 0 fully saturated rings. The fraction of sp³-hybridized carbons (Fsp3) is 0.333. The fourth-order valence-electron chi connectivity index (χ4n) is 2.88. The molecule has 2 heterocycles. The van der Waals surface area contributed by atoms with Crippen LogP contribution in [0.5, 0.6) is 11.5 Å². The van der Waals surface area contributed by atoms with E-state index in [-0.39, 0.29) is 0 Å². The van der Waals surface area contributed by atoms with Crippen LogP contribution in [0.1, 0.15) is 17.1 Å². The van der Waals surface area contributed by atoms with Crippen LogP contribution in [0.25, 0.3) is 16.8 Å². The Morgan fingerprint density at radius 3 is 2.44 bits per heavy atom. The molecular weight excluding hydrogens is 342 g/mol. The van der Waals surface area contributed by atoms with Gasteiger partial charge in [0.15, 0.2) is 17.1 Å². The van der Waals surface area contributed by atoms with Crippen LogP contribution >= 0.6 is 11.6 Å². The van der Waals surface area contributed by atoms with Gasteiger partial charge in [0, 0.05) is 7.11 Å². The third-order valence-corrected chi connectivity index (χ3v) is 4.66. The normalized spacial score (nSPS) is 11.1. The number of aromatic nitrogens is 3. The molecule has 0 saturated carbocycles. The van der Waals surface area contributed by atoms with E-state index in [0.29, 0.717) is 23.1 Å². The Balaban J connectivity index is 2.32. The molecule has 132 valence electrons. The first-order valence-electron chi connectivity index (χ1n) is 7.77. The number of nitrogens with zero attached hydrogens (tertiary/aromatic N) is 3. The molecule has 0 aliphatic heterocycles. The zero-order chi connectivity index (χ0) is 18.1. The lowest BCUT2D eigenvalue weighted by molar-refractivity contribution is 0.181. The predicted molar refractivity (Wildman–Crippen MR) is 96.7 cm³/mol. The smallest absolute Gasteiger partial charge is 0.163 e. The van der Waals surface area contributed by atoms with Crippen LogP contribution in [0.15, 0.2) is 18.2 Å². The van der Waals surface area contributed by atoms with Crippen LogP contribution in [0.4, 0.5) is 0 Å². The summed E-state index contributed by atoms with van der Waals surface area (Å²) >= 11 is 6.34. The summed E-state index contributed by atoms with van der Waals surface area (Å²) in [6, 6.07) is 5.73. The van der Waals surface area contributed by atoms with Crippen molar-refractivity contribution in [3.8, 4) is 22.6 Å². The molecule has 0 saturated heterocycles. The minimum absolute atomic E-state index is 0.364. The van der Waals surface area contributed by atoms with Crippen LogP contribution in [-0.4, -0.2) is 35.9 Å². The van der Waals surface area contributed by atoms with Crippen LogP contribution in [0.3, 0.4) is 0 Å². The number of halogens is 1. The van der Waals surface area contributed by atoms with Gasteiger partial charge in [-0.3, -0.25) is 0 Å². The first-order valence-corrected chi connectivity index (χ1v) is 8.15. The number of rotatable bonds is 5. The van der Waals surface area contributed by atoms with E-state index in [1.165, 1.54) is 0 Å². The van der Waals surface area contributed by atoms with E-state index in [1.54, 1.807) is 25.8 Å². The number of methoxy groups -OCH3 is 3. The van der Waals surface area contributed by atoms with Gasteiger partial charge in [-0.25, -0.2) is 9.50 Å². The molecule has 0 spiro atoms. The topological polar surface area (TPSA) is 57.9 Å². The molecule has 0 unspecified atom stereocenters. The molecule has 0 aliphatic carbocycles.